The first-order valence-electron chi connectivity index (χ1n) is 9.22. The van der Waals surface area contributed by atoms with E-state index in [1.165, 1.54) is 5.56 Å². The molecule has 0 spiro atoms. The first-order valence-corrected chi connectivity index (χ1v) is 9.22. The van der Waals surface area contributed by atoms with Gasteiger partial charge in [0.05, 0.1) is 11.6 Å². The molecule has 1 heterocycles. The number of esters is 1. The third-order valence-corrected chi connectivity index (χ3v) is 5.16. The largest absolute Gasteiger partial charge is 0.452 e. The van der Waals surface area contributed by atoms with Gasteiger partial charge < -0.3 is 14.6 Å². The van der Waals surface area contributed by atoms with Gasteiger partial charge in [-0.05, 0) is 36.5 Å². The number of aryl methyl sites for hydroxylation is 2. The van der Waals surface area contributed by atoms with Crippen molar-refractivity contribution in [2.45, 2.75) is 25.3 Å². The van der Waals surface area contributed by atoms with Crippen LogP contribution in [0.1, 0.15) is 40.4 Å². The molecule has 3 aromatic rings. The van der Waals surface area contributed by atoms with Gasteiger partial charge in [0.2, 0.25) is 0 Å². The van der Waals surface area contributed by atoms with Gasteiger partial charge >= 0.3 is 5.97 Å². The number of para-hydroxylation sites is 1. The number of ether oxygens (including phenoxy) is 1. The third kappa shape index (κ3) is 3.45. The lowest BCUT2D eigenvalue weighted by molar-refractivity contribution is -0.125. The van der Waals surface area contributed by atoms with Crippen molar-refractivity contribution in [1.29, 1.82) is 0 Å². The Hall–Kier alpha value is -3.08. The van der Waals surface area contributed by atoms with Gasteiger partial charge in [0.15, 0.2) is 6.61 Å². The molecule has 2 aromatic carbocycles. The Morgan fingerprint density at radius 1 is 1.15 bits per heavy atom. The first kappa shape index (κ1) is 17.3. The summed E-state index contributed by atoms with van der Waals surface area (Å²) in [5.74, 6) is -0.753. The van der Waals surface area contributed by atoms with Gasteiger partial charge in [-0.2, -0.15) is 0 Å². The van der Waals surface area contributed by atoms with Crippen LogP contribution in [0.3, 0.4) is 0 Å². The molecule has 1 aliphatic rings. The van der Waals surface area contributed by atoms with Gasteiger partial charge in [-0.25, -0.2) is 4.79 Å². The van der Waals surface area contributed by atoms with E-state index in [2.05, 4.69) is 17.4 Å². The lowest BCUT2D eigenvalue weighted by atomic mass is 9.88. The summed E-state index contributed by atoms with van der Waals surface area (Å²) in [6.07, 6.45) is 4.72. The van der Waals surface area contributed by atoms with E-state index in [-0.39, 0.29) is 18.6 Å². The van der Waals surface area contributed by atoms with E-state index < -0.39 is 5.97 Å². The quantitative estimate of drug-likeness (QED) is 0.722. The highest BCUT2D eigenvalue weighted by Crippen LogP contribution is 2.29. The van der Waals surface area contributed by atoms with Gasteiger partial charge in [0.25, 0.3) is 5.91 Å². The summed E-state index contributed by atoms with van der Waals surface area (Å²) >= 11 is 0. The number of carbonyl (C=O) groups is 2. The van der Waals surface area contributed by atoms with E-state index in [4.69, 9.17) is 4.74 Å². The fourth-order valence-electron chi connectivity index (χ4n) is 3.85. The maximum atomic E-state index is 12.5. The lowest BCUT2D eigenvalue weighted by Gasteiger charge is -2.26. The lowest BCUT2D eigenvalue weighted by Crippen LogP contribution is -2.34. The zero-order valence-corrected chi connectivity index (χ0v) is 15.3. The molecule has 0 saturated carbocycles. The van der Waals surface area contributed by atoms with Gasteiger partial charge in [0, 0.05) is 24.1 Å². The molecule has 27 heavy (non-hydrogen) atoms. The molecule has 5 nitrogen and oxygen atoms in total. The van der Waals surface area contributed by atoms with Crippen LogP contribution in [0.4, 0.5) is 0 Å². The Kier molecular flexibility index (Phi) is 4.67. The minimum absolute atomic E-state index is 0.0151. The highest BCUT2D eigenvalue weighted by Gasteiger charge is 2.22. The molecular formula is C22H22N2O3. The molecule has 1 aromatic heterocycles. The molecule has 5 heteroatoms. The number of nitrogens with zero attached hydrogens (tertiary/aromatic N) is 1. The molecule has 0 fully saturated rings. The minimum Gasteiger partial charge on any atom is -0.452 e. The molecule has 1 atom stereocenters. The molecular weight excluding hydrogens is 340 g/mol. The number of fused-ring (bicyclic) bond motifs is 2. The van der Waals surface area contributed by atoms with Crippen molar-refractivity contribution in [3.05, 3.63) is 71.4 Å². The van der Waals surface area contributed by atoms with Crippen molar-refractivity contribution < 1.29 is 14.3 Å². The van der Waals surface area contributed by atoms with Gasteiger partial charge in [-0.1, -0.05) is 42.5 Å². The van der Waals surface area contributed by atoms with Crippen LogP contribution >= 0.6 is 0 Å². The van der Waals surface area contributed by atoms with Crippen LogP contribution in [-0.4, -0.2) is 23.1 Å². The number of carbonyl (C=O) groups excluding carboxylic acids is 2. The zero-order valence-electron chi connectivity index (χ0n) is 15.3. The molecule has 1 amide bonds. The normalized spacial score (nSPS) is 16.0. The minimum atomic E-state index is -0.481. The maximum absolute atomic E-state index is 12.5. The molecule has 0 radical (unpaired) electrons. The van der Waals surface area contributed by atoms with E-state index >= 15 is 0 Å². The van der Waals surface area contributed by atoms with Gasteiger partial charge in [-0.3, -0.25) is 4.79 Å². The zero-order chi connectivity index (χ0) is 18.8. The predicted molar refractivity (Wildman–Crippen MR) is 103 cm³/mol. The topological polar surface area (TPSA) is 60.3 Å². The highest BCUT2D eigenvalue weighted by atomic mass is 16.5. The summed E-state index contributed by atoms with van der Waals surface area (Å²) < 4.78 is 7.16. The molecule has 0 bridgehead atoms. The molecule has 0 saturated heterocycles. The van der Waals surface area contributed by atoms with Crippen LogP contribution in [0, 0.1) is 0 Å². The Morgan fingerprint density at radius 3 is 2.81 bits per heavy atom. The Labute approximate surface area is 157 Å². The number of amides is 1. The average molecular weight is 362 g/mol. The van der Waals surface area contributed by atoms with E-state index in [1.807, 2.05) is 48.0 Å². The summed E-state index contributed by atoms with van der Waals surface area (Å²) in [6.45, 7) is -0.277. The smallest absolute Gasteiger partial charge is 0.340 e. The monoisotopic (exact) mass is 362 g/mol. The molecule has 1 N–H and O–H groups in total. The fraction of sp³-hybridized carbons (Fsp3) is 0.273. The molecule has 0 unspecified atom stereocenters. The molecule has 1 aliphatic carbocycles. The van der Waals surface area contributed by atoms with E-state index in [0.29, 0.717) is 5.56 Å². The maximum Gasteiger partial charge on any atom is 0.340 e. The Morgan fingerprint density at radius 2 is 1.93 bits per heavy atom. The number of rotatable bonds is 4. The molecule has 138 valence electrons. The Bertz CT molecular complexity index is 1010. The van der Waals surface area contributed by atoms with Crippen molar-refractivity contribution in [2.75, 3.05) is 6.61 Å². The second kappa shape index (κ2) is 7.27. The summed E-state index contributed by atoms with van der Waals surface area (Å²) in [5.41, 5.74) is 3.87. The van der Waals surface area contributed by atoms with E-state index in [0.717, 1.165) is 35.7 Å². The summed E-state index contributed by atoms with van der Waals surface area (Å²) in [5, 5.41) is 3.83. The number of aromatic nitrogens is 1. The van der Waals surface area contributed by atoms with Crippen molar-refractivity contribution in [3.8, 4) is 0 Å². The number of hydrogen-bond donors (Lipinski definition) is 1. The summed E-state index contributed by atoms with van der Waals surface area (Å²) in [7, 11) is 1.88. The summed E-state index contributed by atoms with van der Waals surface area (Å²) in [4.78, 5) is 24.8. The second-order valence-corrected chi connectivity index (χ2v) is 6.96. The van der Waals surface area contributed by atoms with Crippen LogP contribution in [0.2, 0.25) is 0 Å². The molecule has 4 rings (SSSR count). The van der Waals surface area contributed by atoms with Crippen LogP contribution in [0.15, 0.2) is 54.7 Å². The van der Waals surface area contributed by atoms with Crippen molar-refractivity contribution >= 4 is 22.8 Å². The van der Waals surface area contributed by atoms with Gasteiger partial charge in [-0.15, -0.1) is 0 Å². The fourth-order valence-corrected chi connectivity index (χ4v) is 3.85. The molecule has 0 aliphatic heterocycles. The SMILES string of the molecule is Cn1cc(C(=O)OCC(=O)N[C@@H]2CCCc3ccccc32)c2ccccc21. The average Bonchev–Trinajstić information content (AvgIpc) is 3.04. The second-order valence-electron chi connectivity index (χ2n) is 6.96. The predicted octanol–water partition coefficient (Wildman–Crippen LogP) is 3.53. The number of nitrogens with one attached hydrogen (secondary N) is 1. The van der Waals surface area contributed by atoms with Crippen molar-refractivity contribution in [1.82, 2.24) is 9.88 Å². The summed E-state index contributed by atoms with van der Waals surface area (Å²) in [6, 6.07) is 15.8. The van der Waals surface area contributed by atoms with Crippen LogP contribution in [-0.2, 0) is 23.0 Å². The highest BCUT2D eigenvalue weighted by molar-refractivity contribution is 6.04. The van der Waals surface area contributed by atoms with Crippen LogP contribution < -0.4 is 5.32 Å². The standard InChI is InChI=1S/C22H22N2O3/c1-24-13-18(17-10-4-5-12-20(17)24)22(26)27-14-21(25)23-19-11-6-8-15-7-2-3-9-16(15)19/h2-5,7,9-10,12-13,19H,6,8,11,14H2,1H3,(H,23,25)/t19-/m1/s1. The number of benzene rings is 2. The number of hydrogen-bond acceptors (Lipinski definition) is 3. The Balaban J connectivity index is 1.40. The van der Waals surface area contributed by atoms with Crippen LogP contribution in [0.5, 0.6) is 0 Å². The van der Waals surface area contributed by atoms with Crippen LogP contribution in [0.25, 0.3) is 10.9 Å². The van der Waals surface area contributed by atoms with E-state index in [1.54, 1.807) is 6.20 Å². The van der Waals surface area contributed by atoms with E-state index in [9.17, 15) is 9.59 Å². The van der Waals surface area contributed by atoms with Crippen molar-refractivity contribution in [2.24, 2.45) is 7.05 Å². The van der Waals surface area contributed by atoms with Gasteiger partial charge in [0.1, 0.15) is 0 Å². The third-order valence-electron chi connectivity index (χ3n) is 5.16. The first-order chi connectivity index (χ1) is 13.1. The van der Waals surface area contributed by atoms with Crippen molar-refractivity contribution in [3.63, 3.8) is 0 Å².